The molecule has 1 N–H and O–H groups in total. The first-order valence-electron chi connectivity index (χ1n) is 13.2. The van der Waals surface area contributed by atoms with Gasteiger partial charge in [-0.05, 0) is 61.7 Å². The summed E-state index contributed by atoms with van der Waals surface area (Å²) in [6, 6.07) is 18.9. The van der Waals surface area contributed by atoms with Crippen molar-refractivity contribution in [2.24, 2.45) is 0 Å². The van der Waals surface area contributed by atoms with Crippen LogP contribution >= 0.6 is 0 Å². The number of anilines is 2. The van der Waals surface area contributed by atoms with Crippen molar-refractivity contribution in [3.05, 3.63) is 89.6 Å². The first-order chi connectivity index (χ1) is 19.6. The van der Waals surface area contributed by atoms with E-state index in [-0.39, 0.29) is 13.2 Å². The van der Waals surface area contributed by atoms with Crippen molar-refractivity contribution in [1.29, 1.82) is 0 Å². The molecule has 1 aliphatic heterocycles. The van der Waals surface area contributed by atoms with Gasteiger partial charge in [-0.25, -0.2) is 4.79 Å². The van der Waals surface area contributed by atoms with Crippen LogP contribution < -0.4 is 14.8 Å². The van der Waals surface area contributed by atoms with E-state index in [4.69, 9.17) is 14.2 Å². The molecular weight excluding hydrogens is 510 g/mol. The summed E-state index contributed by atoms with van der Waals surface area (Å²) in [7, 11) is 0. The Bertz CT molecular complexity index is 1500. The lowest BCUT2D eigenvalue weighted by Crippen LogP contribution is -2.46. The molecule has 10 nitrogen and oxygen atoms in total. The Hall–Kier alpha value is -4.86. The summed E-state index contributed by atoms with van der Waals surface area (Å²) in [5.41, 5.74) is 3.85. The van der Waals surface area contributed by atoms with Crippen LogP contribution in [0.15, 0.2) is 78.5 Å². The maximum Gasteiger partial charge on any atom is 0.410 e. The first kappa shape index (κ1) is 26.7. The number of fused-ring (bicyclic) bond motifs is 1. The van der Waals surface area contributed by atoms with Crippen molar-refractivity contribution in [3.8, 4) is 11.6 Å². The summed E-state index contributed by atoms with van der Waals surface area (Å²) >= 11 is 0. The molecule has 1 atom stereocenters. The molecule has 0 aliphatic carbocycles. The number of hydrogen-bond donors (Lipinski definition) is 1. The smallest absolute Gasteiger partial charge is 0.410 e. The molecule has 1 amide bonds. The number of amides is 1. The van der Waals surface area contributed by atoms with E-state index >= 15 is 0 Å². The third-order valence-electron chi connectivity index (χ3n) is 6.62. The van der Waals surface area contributed by atoms with E-state index in [0.29, 0.717) is 36.9 Å². The molecule has 1 aliphatic rings. The minimum Gasteiger partial charge on any atom is -0.494 e. The van der Waals surface area contributed by atoms with E-state index in [1.54, 1.807) is 21.7 Å². The number of rotatable bonds is 9. The lowest BCUT2D eigenvalue weighted by Gasteiger charge is -2.34. The molecule has 1 saturated heterocycles. The number of carbonyl (C=O) groups excluding carboxylic acids is 2. The molecule has 0 saturated carbocycles. The molecule has 2 aromatic heterocycles. The average Bonchev–Trinajstić information content (AvgIpc) is 3.45. The second kappa shape index (κ2) is 12.3. The summed E-state index contributed by atoms with van der Waals surface area (Å²) in [5.74, 6) is 1.85. The second-order valence-electron chi connectivity index (χ2n) is 9.29. The third-order valence-corrected chi connectivity index (χ3v) is 6.62. The Kier molecular flexibility index (Phi) is 8.24. The summed E-state index contributed by atoms with van der Waals surface area (Å²) in [4.78, 5) is 30.5. The molecule has 10 heteroatoms. The number of aldehydes is 1. The summed E-state index contributed by atoms with van der Waals surface area (Å²) in [5, 5.41) is 7.83. The Labute approximate surface area is 232 Å². The van der Waals surface area contributed by atoms with E-state index in [1.807, 2.05) is 68.4 Å². The lowest BCUT2D eigenvalue weighted by molar-refractivity contribution is -0.104. The Morgan fingerprint density at radius 1 is 1.12 bits per heavy atom. The molecule has 2 aromatic carbocycles. The number of nitrogens with one attached hydrogen (secondary N) is 1. The van der Waals surface area contributed by atoms with Crippen LogP contribution in [0.25, 0.3) is 5.65 Å². The SMILES string of the molecule is CCOc1ccc(Nc2c(C)c(OC3CN(C(=O)OCc4ccccc4)CC/C3=C/C=O)nc3ccnn23)cc1. The van der Waals surface area contributed by atoms with Crippen LogP contribution in [0.1, 0.15) is 24.5 Å². The fraction of sp³-hybridized carbons (Fsp3) is 0.267. The van der Waals surface area contributed by atoms with Gasteiger partial charge in [-0.1, -0.05) is 30.3 Å². The van der Waals surface area contributed by atoms with Crippen LogP contribution in [0.5, 0.6) is 11.6 Å². The maximum atomic E-state index is 12.9. The molecule has 1 unspecified atom stereocenters. The van der Waals surface area contributed by atoms with Crippen LogP contribution in [0.3, 0.4) is 0 Å². The number of hydrogen-bond acceptors (Lipinski definition) is 8. The zero-order valence-electron chi connectivity index (χ0n) is 22.4. The highest BCUT2D eigenvalue weighted by atomic mass is 16.6. The standard InChI is InChI=1S/C30H31N5O5/c1-3-38-25-11-9-24(10-12-25)32-28-21(2)29(33-27-13-16-31-35(27)28)40-26-19-34(17-14-23(26)15-18-36)30(37)39-20-22-7-5-4-6-8-22/h4-13,15-16,18,26,32H,3,14,17,19-20H2,1-2H3/b23-15-. The minimum absolute atomic E-state index is 0.178. The van der Waals surface area contributed by atoms with Gasteiger partial charge in [0.1, 0.15) is 30.6 Å². The Balaban J connectivity index is 1.37. The molecule has 5 rings (SSSR count). The van der Waals surface area contributed by atoms with Gasteiger partial charge >= 0.3 is 6.09 Å². The highest BCUT2D eigenvalue weighted by Crippen LogP contribution is 2.31. The van der Waals surface area contributed by atoms with Gasteiger partial charge in [-0.2, -0.15) is 14.6 Å². The first-order valence-corrected chi connectivity index (χ1v) is 13.2. The molecule has 0 spiro atoms. The molecule has 1 fully saturated rings. The molecule has 40 heavy (non-hydrogen) atoms. The molecule has 206 valence electrons. The van der Waals surface area contributed by atoms with Crippen LogP contribution in [0.2, 0.25) is 0 Å². The topological polar surface area (TPSA) is 107 Å². The zero-order valence-corrected chi connectivity index (χ0v) is 22.4. The fourth-order valence-electron chi connectivity index (χ4n) is 4.54. The molecule has 0 bridgehead atoms. The van der Waals surface area contributed by atoms with E-state index in [1.165, 1.54) is 6.08 Å². The summed E-state index contributed by atoms with van der Waals surface area (Å²) in [6.45, 7) is 5.24. The van der Waals surface area contributed by atoms with Gasteiger partial charge < -0.3 is 24.4 Å². The Morgan fingerprint density at radius 2 is 1.93 bits per heavy atom. The molecule has 0 radical (unpaired) electrons. The predicted molar refractivity (Wildman–Crippen MR) is 150 cm³/mol. The number of allylic oxidation sites excluding steroid dienone is 1. The monoisotopic (exact) mass is 541 g/mol. The van der Waals surface area contributed by atoms with Crippen molar-refractivity contribution >= 4 is 29.5 Å². The van der Waals surface area contributed by atoms with Gasteiger partial charge in [0.2, 0.25) is 5.88 Å². The summed E-state index contributed by atoms with van der Waals surface area (Å²) < 4.78 is 19.2. The zero-order chi connectivity index (χ0) is 27.9. The molecule has 4 aromatic rings. The third kappa shape index (κ3) is 6.06. The molecule has 3 heterocycles. The van der Waals surface area contributed by atoms with Gasteiger partial charge in [-0.15, -0.1) is 0 Å². The summed E-state index contributed by atoms with van der Waals surface area (Å²) in [6.07, 6.45) is 3.39. The van der Waals surface area contributed by atoms with Gasteiger partial charge in [0.05, 0.1) is 24.9 Å². The second-order valence-corrected chi connectivity index (χ2v) is 9.29. The fourth-order valence-corrected chi connectivity index (χ4v) is 4.54. The van der Waals surface area contributed by atoms with Crippen molar-refractivity contribution in [1.82, 2.24) is 19.5 Å². The van der Waals surface area contributed by atoms with Crippen LogP contribution in [-0.2, 0) is 16.1 Å². The van der Waals surface area contributed by atoms with Crippen molar-refractivity contribution in [2.75, 3.05) is 25.0 Å². The van der Waals surface area contributed by atoms with Crippen LogP contribution in [-0.4, -0.2) is 57.7 Å². The van der Waals surface area contributed by atoms with Gasteiger partial charge in [0, 0.05) is 18.3 Å². The number of benzene rings is 2. The van der Waals surface area contributed by atoms with E-state index in [2.05, 4.69) is 15.4 Å². The van der Waals surface area contributed by atoms with Crippen molar-refractivity contribution < 1.29 is 23.8 Å². The van der Waals surface area contributed by atoms with Gasteiger partial charge in [0.25, 0.3) is 0 Å². The Morgan fingerprint density at radius 3 is 2.67 bits per heavy atom. The van der Waals surface area contributed by atoms with Gasteiger partial charge in [-0.3, -0.25) is 4.79 Å². The number of nitrogens with zero attached hydrogens (tertiary/aromatic N) is 4. The largest absolute Gasteiger partial charge is 0.494 e. The highest BCUT2D eigenvalue weighted by Gasteiger charge is 2.31. The van der Waals surface area contributed by atoms with Crippen LogP contribution in [0, 0.1) is 6.92 Å². The van der Waals surface area contributed by atoms with Crippen LogP contribution in [0.4, 0.5) is 16.3 Å². The van der Waals surface area contributed by atoms with E-state index in [0.717, 1.165) is 34.4 Å². The van der Waals surface area contributed by atoms with Crippen molar-refractivity contribution in [2.45, 2.75) is 33.0 Å². The minimum atomic E-state index is -0.571. The number of likely N-dealkylation sites (tertiary alicyclic amines) is 1. The molecular formula is C30H31N5O5. The van der Waals surface area contributed by atoms with Gasteiger partial charge in [0.15, 0.2) is 5.65 Å². The predicted octanol–water partition coefficient (Wildman–Crippen LogP) is 5.10. The normalized spacial score (nSPS) is 16.1. The highest BCUT2D eigenvalue weighted by molar-refractivity contribution is 5.70. The number of carbonyl (C=O) groups is 2. The van der Waals surface area contributed by atoms with E-state index in [9.17, 15) is 9.59 Å². The average molecular weight is 542 g/mol. The number of ether oxygens (including phenoxy) is 3. The lowest BCUT2D eigenvalue weighted by atomic mass is 10.0. The number of aromatic nitrogens is 3. The van der Waals surface area contributed by atoms with E-state index < -0.39 is 12.2 Å². The number of piperidine rings is 1. The maximum absolute atomic E-state index is 12.9. The quantitative estimate of drug-likeness (QED) is 0.231. The van der Waals surface area contributed by atoms with Crippen molar-refractivity contribution in [3.63, 3.8) is 0 Å².